The van der Waals surface area contributed by atoms with Gasteiger partial charge >= 0.3 is 6.09 Å². The van der Waals surface area contributed by atoms with Crippen LogP contribution in [-0.4, -0.2) is 88.4 Å². The van der Waals surface area contributed by atoms with Crippen LogP contribution in [0.1, 0.15) is 46.7 Å². The molecule has 1 aliphatic heterocycles. The molecule has 200 valence electrons. The van der Waals surface area contributed by atoms with E-state index in [1.807, 2.05) is 18.7 Å². The molecule has 37 heavy (non-hydrogen) atoms. The van der Waals surface area contributed by atoms with Crippen LogP contribution in [-0.2, 0) is 9.53 Å². The molecule has 2 aromatic rings. The second kappa shape index (κ2) is 12.1. The molecule has 0 aliphatic carbocycles. The number of aromatic amines is 1. The van der Waals surface area contributed by atoms with E-state index in [-0.39, 0.29) is 17.7 Å². The van der Waals surface area contributed by atoms with Gasteiger partial charge in [-0.2, -0.15) is 0 Å². The Morgan fingerprint density at radius 1 is 1.19 bits per heavy atom. The minimum atomic E-state index is -1.26. The van der Waals surface area contributed by atoms with Crippen molar-refractivity contribution in [3.8, 4) is 0 Å². The minimum Gasteiger partial charge on any atom is -0.446 e. The van der Waals surface area contributed by atoms with E-state index in [4.69, 9.17) is 9.84 Å². The quantitative estimate of drug-likeness (QED) is 0.357. The molecule has 0 saturated heterocycles. The Kier molecular flexibility index (Phi) is 9.19. The van der Waals surface area contributed by atoms with Crippen molar-refractivity contribution in [1.82, 2.24) is 14.8 Å². The summed E-state index contributed by atoms with van der Waals surface area (Å²) in [5.41, 5.74) is 2.84. The highest BCUT2D eigenvalue weighted by Crippen LogP contribution is 2.34. The van der Waals surface area contributed by atoms with E-state index >= 15 is 0 Å². The number of fused-ring (bicyclic) bond motifs is 1. The Morgan fingerprint density at radius 3 is 2.54 bits per heavy atom. The van der Waals surface area contributed by atoms with E-state index in [0.717, 1.165) is 18.0 Å². The molecule has 3 rings (SSSR count). The molecular formula is C26H33FN4O6. The number of aliphatic hydroxyl groups is 2. The van der Waals surface area contributed by atoms with Crippen LogP contribution in [0.5, 0.6) is 0 Å². The fourth-order valence-electron chi connectivity index (χ4n) is 4.18. The van der Waals surface area contributed by atoms with E-state index in [1.54, 1.807) is 19.9 Å². The van der Waals surface area contributed by atoms with Gasteiger partial charge in [0, 0.05) is 35.7 Å². The van der Waals surface area contributed by atoms with Gasteiger partial charge in [-0.25, -0.2) is 14.1 Å². The molecule has 1 unspecified atom stereocenters. The number of aromatic nitrogens is 1. The van der Waals surface area contributed by atoms with Gasteiger partial charge in [0.2, 0.25) is 0 Å². The van der Waals surface area contributed by atoms with Gasteiger partial charge in [-0.3, -0.25) is 9.59 Å². The van der Waals surface area contributed by atoms with Gasteiger partial charge in [0.1, 0.15) is 18.5 Å². The first-order valence-electron chi connectivity index (χ1n) is 12.1. The number of carbonyl (C=O) groups excluding carboxylic acids is 3. The highest BCUT2D eigenvalue weighted by Gasteiger charge is 2.30. The highest BCUT2D eigenvalue weighted by atomic mass is 19.1. The van der Waals surface area contributed by atoms with Crippen LogP contribution >= 0.6 is 0 Å². The van der Waals surface area contributed by atoms with Gasteiger partial charge in [-0.05, 0) is 56.8 Å². The second-order valence-electron chi connectivity index (χ2n) is 8.76. The van der Waals surface area contributed by atoms with Crippen molar-refractivity contribution in [2.45, 2.75) is 33.8 Å². The number of amides is 3. The molecule has 0 spiro atoms. The first-order valence-corrected chi connectivity index (χ1v) is 12.1. The van der Waals surface area contributed by atoms with Crippen molar-refractivity contribution < 1.29 is 33.7 Å². The van der Waals surface area contributed by atoms with Crippen LogP contribution in [0.2, 0.25) is 0 Å². The summed E-state index contributed by atoms with van der Waals surface area (Å²) < 4.78 is 18.9. The average Bonchev–Trinajstić information content (AvgIpc) is 3.33. The third-order valence-electron chi connectivity index (χ3n) is 6.35. The fourth-order valence-corrected chi connectivity index (χ4v) is 4.18. The molecule has 3 amide bonds. The van der Waals surface area contributed by atoms with Gasteiger partial charge in [0.15, 0.2) is 0 Å². The van der Waals surface area contributed by atoms with Crippen molar-refractivity contribution in [2.24, 2.45) is 0 Å². The number of likely N-dealkylation sites (N-methyl/N-ethyl adjacent to an activating group) is 1. The highest BCUT2D eigenvalue weighted by molar-refractivity contribution is 6.35. The number of ether oxygens (including phenoxy) is 1. The van der Waals surface area contributed by atoms with Crippen molar-refractivity contribution in [3.63, 3.8) is 0 Å². The molecule has 11 heteroatoms. The summed E-state index contributed by atoms with van der Waals surface area (Å²) in [4.78, 5) is 45.1. The summed E-state index contributed by atoms with van der Waals surface area (Å²) in [6.45, 7) is 8.15. The van der Waals surface area contributed by atoms with E-state index in [2.05, 4.69) is 10.3 Å². The number of nitrogens with zero attached hydrogens (tertiary/aromatic N) is 2. The fraction of sp³-hybridized carbons (Fsp3) is 0.423. The van der Waals surface area contributed by atoms with Gasteiger partial charge in [-0.15, -0.1) is 0 Å². The number of anilines is 1. The summed E-state index contributed by atoms with van der Waals surface area (Å²) in [5, 5.41) is 21.3. The Balaban J connectivity index is 1.94. The van der Waals surface area contributed by atoms with Crippen LogP contribution in [0.3, 0.4) is 0 Å². The van der Waals surface area contributed by atoms with Crippen LogP contribution in [0.25, 0.3) is 11.6 Å². The number of carbonyl (C=O) groups is 3. The van der Waals surface area contributed by atoms with Crippen molar-refractivity contribution in [2.75, 3.05) is 44.7 Å². The van der Waals surface area contributed by atoms with Gasteiger partial charge in [0.05, 0.1) is 17.7 Å². The Morgan fingerprint density at radius 2 is 1.89 bits per heavy atom. The van der Waals surface area contributed by atoms with Crippen molar-refractivity contribution in [1.29, 1.82) is 0 Å². The number of nitrogens with one attached hydrogen (secondary N) is 2. The zero-order valence-corrected chi connectivity index (χ0v) is 21.4. The number of aryl methyl sites for hydroxylation is 1. The number of imide groups is 1. The van der Waals surface area contributed by atoms with E-state index < -0.39 is 43.0 Å². The molecule has 10 nitrogen and oxygen atoms in total. The maximum Gasteiger partial charge on any atom is 0.416 e. The lowest BCUT2D eigenvalue weighted by atomic mass is 10.0. The SMILES string of the molecule is CCN(CC)CCN(C(=O)OCC(O)CO)C(=O)c1c(C)[nH]c(C=C2C(=O)Nc3ccc(F)cc32)c1C. The maximum absolute atomic E-state index is 13.8. The normalized spacial score (nSPS) is 14.6. The largest absolute Gasteiger partial charge is 0.446 e. The number of halogens is 1. The summed E-state index contributed by atoms with van der Waals surface area (Å²) in [7, 11) is 0. The summed E-state index contributed by atoms with van der Waals surface area (Å²) in [6, 6.07) is 4.01. The first kappa shape index (κ1) is 28.0. The predicted octanol–water partition coefficient (Wildman–Crippen LogP) is 2.54. The summed E-state index contributed by atoms with van der Waals surface area (Å²) in [5.74, 6) is -1.48. The first-order chi connectivity index (χ1) is 17.6. The lowest BCUT2D eigenvalue weighted by molar-refractivity contribution is -0.110. The molecule has 0 radical (unpaired) electrons. The van der Waals surface area contributed by atoms with Gasteiger partial charge in [0.25, 0.3) is 11.8 Å². The summed E-state index contributed by atoms with van der Waals surface area (Å²) >= 11 is 0. The lowest BCUT2D eigenvalue weighted by Crippen LogP contribution is -2.43. The molecule has 4 N–H and O–H groups in total. The molecule has 1 atom stereocenters. The Hall–Kier alpha value is -3.54. The zero-order chi connectivity index (χ0) is 27.3. The lowest BCUT2D eigenvalue weighted by Gasteiger charge is -2.25. The van der Waals surface area contributed by atoms with Crippen molar-refractivity contribution >= 4 is 35.2 Å². The average molecular weight is 517 g/mol. The minimum absolute atomic E-state index is 0.0457. The topological polar surface area (TPSA) is 135 Å². The number of rotatable bonds is 10. The molecule has 0 saturated carbocycles. The predicted molar refractivity (Wildman–Crippen MR) is 136 cm³/mol. The van der Waals surface area contributed by atoms with Crippen LogP contribution < -0.4 is 5.32 Å². The van der Waals surface area contributed by atoms with E-state index in [0.29, 0.717) is 34.7 Å². The standard InChI is InChI=1S/C26H33FN4O6/c1-5-30(6-2)9-10-31(26(36)37-14-18(33)13-32)25(35)23-15(3)22(28-16(23)4)12-20-19-11-17(27)7-8-21(19)29-24(20)34/h7-8,11-12,18,28,32-33H,5-6,9-10,13-14H2,1-4H3,(H,29,34). The van der Waals surface area contributed by atoms with Gasteiger partial charge in [-0.1, -0.05) is 13.8 Å². The number of aliphatic hydroxyl groups excluding tert-OH is 2. The number of hydrogen-bond donors (Lipinski definition) is 4. The Bertz CT molecular complexity index is 1200. The van der Waals surface area contributed by atoms with Crippen LogP contribution in [0.15, 0.2) is 18.2 Å². The molecule has 0 fully saturated rings. The van der Waals surface area contributed by atoms with E-state index in [1.165, 1.54) is 18.2 Å². The molecular weight excluding hydrogens is 483 g/mol. The monoisotopic (exact) mass is 516 g/mol. The van der Waals surface area contributed by atoms with Crippen LogP contribution in [0, 0.1) is 19.7 Å². The number of H-pyrrole nitrogens is 1. The molecule has 1 aromatic heterocycles. The molecule has 2 heterocycles. The smallest absolute Gasteiger partial charge is 0.416 e. The van der Waals surface area contributed by atoms with Crippen LogP contribution in [0.4, 0.5) is 14.9 Å². The number of hydrogen-bond acceptors (Lipinski definition) is 7. The number of benzene rings is 1. The molecule has 1 aromatic carbocycles. The third-order valence-corrected chi connectivity index (χ3v) is 6.35. The van der Waals surface area contributed by atoms with Crippen molar-refractivity contribution in [3.05, 3.63) is 52.1 Å². The zero-order valence-electron chi connectivity index (χ0n) is 21.4. The molecule has 1 aliphatic rings. The third kappa shape index (κ3) is 6.24. The summed E-state index contributed by atoms with van der Waals surface area (Å²) in [6.07, 6.45) is -0.650. The Labute approximate surface area is 214 Å². The van der Waals surface area contributed by atoms with E-state index in [9.17, 15) is 23.9 Å². The van der Waals surface area contributed by atoms with Gasteiger partial charge < -0.3 is 30.2 Å². The maximum atomic E-state index is 13.8. The molecule has 0 bridgehead atoms. The second-order valence-corrected chi connectivity index (χ2v) is 8.76.